The van der Waals surface area contributed by atoms with Crippen LogP contribution in [0.3, 0.4) is 0 Å². The fraction of sp³-hybridized carbons (Fsp3) is 0.933. The summed E-state index contributed by atoms with van der Waals surface area (Å²) in [7, 11) is 0. The quantitative estimate of drug-likeness (QED) is 0.816. The van der Waals surface area contributed by atoms with Gasteiger partial charge in [0.05, 0.1) is 0 Å². The van der Waals surface area contributed by atoms with Crippen molar-refractivity contribution in [2.45, 2.75) is 65.3 Å². The van der Waals surface area contributed by atoms with Crippen LogP contribution in [0.4, 0.5) is 0 Å². The van der Waals surface area contributed by atoms with E-state index in [4.69, 9.17) is 4.99 Å². The summed E-state index contributed by atoms with van der Waals surface area (Å²) in [5, 5.41) is 4.93. The van der Waals surface area contributed by atoms with E-state index < -0.39 is 0 Å². The summed E-state index contributed by atoms with van der Waals surface area (Å²) in [6.45, 7) is 10.2. The Hall–Kier alpha value is -0.180. The third-order valence-electron chi connectivity index (χ3n) is 4.66. The van der Waals surface area contributed by atoms with E-state index in [1.807, 2.05) is 11.8 Å². The van der Waals surface area contributed by atoms with Crippen molar-refractivity contribution in [3.05, 3.63) is 0 Å². The average Bonchev–Trinajstić information content (AvgIpc) is 2.69. The number of nitrogens with one attached hydrogen (secondary N) is 1. The first-order valence-corrected chi connectivity index (χ1v) is 8.35. The Morgan fingerprint density at radius 3 is 2.56 bits per heavy atom. The van der Waals surface area contributed by atoms with Crippen molar-refractivity contribution in [1.82, 2.24) is 5.32 Å². The van der Waals surface area contributed by atoms with Gasteiger partial charge in [-0.1, -0.05) is 58.7 Å². The van der Waals surface area contributed by atoms with E-state index in [9.17, 15) is 0 Å². The fourth-order valence-corrected chi connectivity index (χ4v) is 3.81. The maximum absolute atomic E-state index is 4.81. The summed E-state index contributed by atoms with van der Waals surface area (Å²) in [5.74, 6) is 1.87. The molecule has 104 valence electrons. The summed E-state index contributed by atoms with van der Waals surface area (Å²) < 4.78 is 0. The second-order valence-electron chi connectivity index (χ2n) is 7.17. The molecule has 0 amide bonds. The number of nitrogens with zero attached hydrogens (tertiary/aromatic N) is 1. The van der Waals surface area contributed by atoms with Gasteiger partial charge >= 0.3 is 0 Å². The van der Waals surface area contributed by atoms with Crippen LogP contribution < -0.4 is 5.32 Å². The van der Waals surface area contributed by atoms with Gasteiger partial charge in [-0.25, -0.2) is 0 Å². The van der Waals surface area contributed by atoms with Gasteiger partial charge in [-0.05, 0) is 24.2 Å². The third-order valence-corrected chi connectivity index (χ3v) is 5.86. The first-order valence-electron chi connectivity index (χ1n) is 7.37. The summed E-state index contributed by atoms with van der Waals surface area (Å²) in [5.41, 5.74) is 0.753. The molecule has 0 radical (unpaired) electrons. The molecule has 0 bridgehead atoms. The maximum atomic E-state index is 4.81. The second-order valence-corrected chi connectivity index (χ2v) is 8.13. The monoisotopic (exact) mass is 268 g/mol. The van der Waals surface area contributed by atoms with Crippen LogP contribution in [0.25, 0.3) is 0 Å². The number of rotatable bonds is 2. The van der Waals surface area contributed by atoms with Crippen molar-refractivity contribution >= 4 is 16.9 Å². The highest BCUT2D eigenvalue weighted by Crippen LogP contribution is 2.36. The molecule has 1 unspecified atom stereocenters. The number of hydrogen-bond donors (Lipinski definition) is 1. The van der Waals surface area contributed by atoms with Gasteiger partial charge < -0.3 is 5.32 Å². The van der Waals surface area contributed by atoms with Crippen molar-refractivity contribution in [2.24, 2.45) is 16.3 Å². The molecular formula is C15H28N2S. The summed E-state index contributed by atoms with van der Waals surface area (Å²) in [6.07, 6.45) is 6.88. The molecule has 1 N–H and O–H groups in total. The molecular weight excluding hydrogens is 240 g/mol. The van der Waals surface area contributed by atoms with Crippen LogP contribution in [0.15, 0.2) is 4.99 Å². The predicted octanol–water partition coefficient (Wildman–Crippen LogP) is 4.06. The smallest absolute Gasteiger partial charge is 0.157 e. The van der Waals surface area contributed by atoms with Crippen molar-refractivity contribution < 1.29 is 0 Å². The molecule has 2 rings (SSSR count). The van der Waals surface area contributed by atoms with Crippen LogP contribution in [0.5, 0.6) is 0 Å². The van der Waals surface area contributed by atoms with Gasteiger partial charge in [0.2, 0.25) is 0 Å². The Labute approximate surface area is 116 Å². The van der Waals surface area contributed by atoms with E-state index >= 15 is 0 Å². The lowest BCUT2D eigenvalue weighted by Crippen LogP contribution is -2.45. The minimum atomic E-state index is 0.357. The van der Waals surface area contributed by atoms with Gasteiger partial charge in [0.1, 0.15) is 0 Å². The Bertz CT molecular complexity index is 311. The zero-order chi connectivity index (χ0) is 13.2. The molecule has 2 fully saturated rings. The molecule has 1 spiro atoms. The van der Waals surface area contributed by atoms with Gasteiger partial charge in [-0.2, -0.15) is 0 Å². The Morgan fingerprint density at radius 2 is 1.94 bits per heavy atom. The number of thioether (sulfide) groups is 1. The number of hydrogen-bond acceptors (Lipinski definition) is 2. The van der Waals surface area contributed by atoms with E-state index in [-0.39, 0.29) is 0 Å². The molecule has 1 atom stereocenters. The third kappa shape index (κ3) is 3.43. The van der Waals surface area contributed by atoms with Crippen LogP contribution >= 0.6 is 11.8 Å². The average molecular weight is 268 g/mol. The zero-order valence-electron chi connectivity index (χ0n) is 12.4. The van der Waals surface area contributed by atoms with Crippen molar-refractivity contribution in [3.63, 3.8) is 0 Å². The molecule has 18 heavy (non-hydrogen) atoms. The molecule has 1 heterocycles. The van der Waals surface area contributed by atoms with Crippen molar-refractivity contribution in [3.8, 4) is 0 Å². The minimum absolute atomic E-state index is 0.357. The SMILES string of the molecule is CC(CN=C1NC2(CCCCC2)CS1)C(C)(C)C. The summed E-state index contributed by atoms with van der Waals surface area (Å²) in [6, 6.07) is 0. The molecule has 1 saturated heterocycles. The lowest BCUT2D eigenvalue weighted by molar-refractivity contribution is 0.269. The Balaban J connectivity index is 1.88. The molecule has 1 saturated carbocycles. The second kappa shape index (κ2) is 5.44. The molecule has 2 nitrogen and oxygen atoms in total. The summed E-state index contributed by atoms with van der Waals surface area (Å²) in [4.78, 5) is 4.81. The minimum Gasteiger partial charge on any atom is -0.359 e. The first-order chi connectivity index (χ1) is 8.41. The lowest BCUT2D eigenvalue weighted by Gasteiger charge is -2.32. The summed E-state index contributed by atoms with van der Waals surface area (Å²) >= 11 is 1.94. The first kappa shape index (κ1) is 14.2. The highest BCUT2D eigenvalue weighted by molar-refractivity contribution is 8.14. The largest absolute Gasteiger partial charge is 0.359 e. The van der Waals surface area contributed by atoms with Crippen LogP contribution in [-0.2, 0) is 0 Å². The molecule has 0 aromatic rings. The van der Waals surface area contributed by atoms with Crippen LogP contribution in [-0.4, -0.2) is 23.0 Å². The lowest BCUT2D eigenvalue weighted by atomic mass is 9.82. The van der Waals surface area contributed by atoms with Crippen molar-refractivity contribution in [1.29, 1.82) is 0 Å². The normalized spacial score (nSPS) is 27.4. The Kier molecular flexibility index (Phi) is 4.30. The van der Waals surface area contributed by atoms with E-state index in [0.29, 0.717) is 16.9 Å². The molecule has 3 heteroatoms. The highest BCUT2D eigenvalue weighted by Gasteiger charge is 2.38. The highest BCUT2D eigenvalue weighted by atomic mass is 32.2. The number of aliphatic imine (C=N–C) groups is 1. The van der Waals surface area contributed by atoms with Gasteiger partial charge in [0, 0.05) is 17.8 Å². The predicted molar refractivity (Wildman–Crippen MR) is 82.3 cm³/mol. The molecule has 2 aliphatic rings. The fourth-order valence-electron chi connectivity index (χ4n) is 2.58. The van der Waals surface area contributed by atoms with Crippen LogP contribution in [0, 0.1) is 11.3 Å². The van der Waals surface area contributed by atoms with E-state index in [1.165, 1.54) is 43.0 Å². The van der Waals surface area contributed by atoms with Gasteiger partial charge in [-0.15, -0.1) is 0 Å². The molecule has 0 aromatic carbocycles. The zero-order valence-corrected chi connectivity index (χ0v) is 13.2. The van der Waals surface area contributed by atoms with Gasteiger partial charge in [-0.3, -0.25) is 4.99 Å². The van der Waals surface area contributed by atoms with E-state index in [0.717, 1.165) is 6.54 Å². The van der Waals surface area contributed by atoms with E-state index in [1.54, 1.807) is 0 Å². The topological polar surface area (TPSA) is 24.4 Å². The standard InChI is InChI=1S/C15H28N2S/c1-12(14(2,3)4)10-16-13-17-15(11-18-13)8-6-5-7-9-15/h12H,5-11H2,1-4H3,(H,16,17). The Morgan fingerprint density at radius 1 is 1.28 bits per heavy atom. The molecule has 0 aromatic heterocycles. The van der Waals surface area contributed by atoms with Crippen molar-refractivity contribution in [2.75, 3.05) is 12.3 Å². The maximum Gasteiger partial charge on any atom is 0.157 e. The van der Waals surface area contributed by atoms with Crippen LogP contribution in [0.2, 0.25) is 0 Å². The van der Waals surface area contributed by atoms with E-state index in [2.05, 4.69) is 33.0 Å². The van der Waals surface area contributed by atoms with Gasteiger partial charge in [0.15, 0.2) is 5.17 Å². The molecule has 1 aliphatic heterocycles. The van der Waals surface area contributed by atoms with Gasteiger partial charge in [0.25, 0.3) is 0 Å². The van der Waals surface area contributed by atoms with Crippen LogP contribution in [0.1, 0.15) is 59.8 Å². The number of amidine groups is 1. The molecule has 1 aliphatic carbocycles.